The van der Waals surface area contributed by atoms with E-state index < -0.39 is 0 Å². The fraction of sp³-hybridized carbons (Fsp3) is 0.789. The lowest BCUT2D eigenvalue weighted by Crippen LogP contribution is -1.98. The Morgan fingerprint density at radius 3 is 2.14 bits per heavy atom. The van der Waals surface area contributed by atoms with Crippen molar-refractivity contribution in [3.63, 3.8) is 0 Å². The Hall–Kier alpha value is 0.180. The summed E-state index contributed by atoms with van der Waals surface area (Å²) in [5.74, 6) is 0. The van der Waals surface area contributed by atoms with Crippen LogP contribution in [0.1, 0.15) is 89.5 Å². The minimum absolute atomic E-state index is 0.759. The third-order valence-corrected chi connectivity index (χ3v) is 5.83. The molecule has 0 saturated carbocycles. The monoisotopic (exact) mass is 372 g/mol. The third-order valence-electron chi connectivity index (χ3n) is 4.18. The Bertz CT molecular complexity index is 307. The highest BCUT2D eigenvalue weighted by Crippen LogP contribution is 2.19. The number of hydrogen-bond donors (Lipinski definition) is 0. The second kappa shape index (κ2) is 13.8. The van der Waals surface area contributed by atoms with Gasteiger partial charge in [-0.3, -0.25) is 0 Å². The summed E-state index contributed by atoms with van der Waals surface area (Å²) in [6.45, 7) is 2.29. The zero-order valence-electron chi connectivity index (χ0n) is 13.8. The molecular weight excluding hydrogens is 340 g/mol. The van der Waals surface area contributed by atoms with Crippen LogP contribution in [0.2, 0.25) is 0 Å². The molecule has 0 bridgehead atoms. The lowest BCUT2D eigenvalue weighted by atomic mass is 10.0. The molecule has 0 aliphatic heterocycles. The second-order valence-electron chi connectivity index (χ2n) is 6.24. The van der Waals surface area contributed by atoms with E-state index in [1.165, 1.54) is 89.0 Å². The van der Waals surface area contributed by atoms with Crippen LogP contribution in [-0.2, 0) is 6.42 Å². The van der Waals surface area contributed by atoms with Gasteiger partial charge in [0.05, 0.1) is 0 Å². The van der Waals surface area contributed by atoms with Crippen molar-refractivity contribution in [2.75, 3.05) is 0 Å². The first-order valence-corrected chi connectivity index (χ1v) is 10.8. The van der Waals surface area contributed by atoms with Crippen LogP contribution in [0.5, 0.6) is 0 Å². The topological polar surface area (TPSA) is 0 Å². The number of halogens is 1. The van der Waals surface area contributed by atoms with E-state index >= 15 is 0 Å². The molecule has 0 nitrogen and oxygen atoms in total. The molecule has 0 saturated heterocycles. The predicted octanol–water partition coefficient (Wildman–Crippen LogP) is 7.76. The summed E-state index contributed by atoms with van der Waals surface area (Å²) in [4.78, 5) is 0.759. The summed E-state index contributed by atoms with van der Waals surface area (Å²) in [6, 6.07) is 2.26. The van der Waals surface area contributed by atoms with Gasteiger partial charge in [-0.25, -0.2) is 0 Å². The van der Waals surface area contributed by atoms with Crippen molar-refractivity contribution < 1.29 is 0 Å². The zero-order chi connectivity index (χ0) is 15.2. The van der Waals surface area contributed by atoms with Crippen LogP contribution in [-0.4, -0.2) is 4.83 Å². The molecular formula is C19H33BrS. The number of aryl methyl sites for hydroxylation is 1. The number of hydrogen-bond acceptors (Lipinski definition) is 1. The van der Waals surface area contributed by atoms with E-state index in [4.69, 9.17) is 0 Å². The average Bonchev–Trinajstić information content (AvgIpc) is 2.99. The summed E-state index contributed by atoms with van der Waals surface area (Å²) >= 11 is 5.68. The summed E-state index contributed by atoms with van der Waals surface area (Å²) in [6.07, 6.45) is 18.1. The largest absolute Gasteiger partial charge is 0.152 e. The van der Waals surface area contributed by atoms with Crippen molar-refractivity contribution in [2.45, 2.75) is 95.2 Å². The van der Waals surface area contributed by atoms with E-state index in [1.54, 1.807) is 0 Å². The molecule has 2 heteroatoms. The Labute approximate surface area is 144 Å². The van der Waals surface area contributed by atoms with Gasteiger partial charge in [0.15, 0.2) is 0 Å². The van der Waals surface area contributed by atoms with Crippen LogP contribution < -0.4 is 0 Å². The van der Waals surface area contributed by atoms with Gasteiger partial charge < -0.3 is 0 Å². The first-order chi connectivity index (χ1) is 10.3. The van der Waals surface area contributed by atoms with E-state index in [-0.39, 0.29) is 0 Å². The van der Waals surface area contributed by atoms with Gasteiger partial charge in [-0.2, -0.15) is 11.3 Å². The SMILES string of the molecule is CCCCCCCCCC(Br)CCCCCc1ccsc1. The number of rotatable bonds is 14. The fourth-order valence-electron chi connectivity index (χ4n) is 2.77. The Kier molecular flexibility index (Phi) is 12.6. The molecule has 0 aliphatic rings. The summed E-state index contributed by atoms with van der Waals surface area (Å²) in [5.41, 5.74) is 1.53. The maximum absolute atomic E-state index is 3.86. The smallest absolute Gasteiger partial charge is 0.0145 e. The molecule has 0 amide bonds. The van der Waals surface area contributed by atoms with Gasteiger partial charge in [-0.15, -0.1) is 0 Å². The van der Waals surface area contributed by atoms with Crippen LogP contribution >= 0.6 is 27.3 Å². The van der Waals surface area contributed by atoms with Crippen molar-refractivity contribution in [1.82, 2.24) is 0 Å². The van der Waals surface area contributed by atoms with Gasteiger partial charge >= 0.3 is 0 Å². The highest BCUT2D eigenvalue weighted by atomic mass is 79.9. The minimum atomic E-state index is 0.759. The molecule has 1 aromatic rings. The van der Waals surface area contributed by atoms with E-state index in [1.807, 2.05) is 11.3 Å². The van der Waals surface area contributed by atoms with Gasteiger partial charge in [0.2, 0.25) is 0 Å². The van der Waals surface area contributed by atoms with E-state index in [0.29, 0.717) is 0 Å². The lowest BCUT2D eigenvalue weighted by Gasteiger charge is -2.09. The normalized spacial score (nSPS) is 12.7. The van der Waals surface area contributed by atoms with Crippen molar-refractivity contribution >= 4 is 27.3 Å². The molecule has 1 rings (SSSR count). The number of thiophene rings is 1. The van der Waals surface area contributed by atoms with Gasteiger partial charge in [0.25, 0.3) is 0 Å². The standard InChI is InChI=1S/C19H33BrS/c1-2-3-4-5-6-7-10-13-19(20)14-11-8-9-12-18-15-16-21-17-18/h15-17,19H,2-14H2,1H3. The molecule has 0 spiro atoms. The summed E-state index contributed by atoms with van der Waals surface area (Å²) in [7, 11) is 0. The second-order valence-corrected chi connectivity index (χ2v) is 8.31. The molecule has 1 unspecified atom stereocenters. The van der Waals surface area contributed by atoms with Gasteiger partial charge in [0, 0.05) is 4.83 Å². The van der Waals surface area contributed by atoms with Crippen molar-refractivity contribution in [2.24, 2.45) is 0 Å². The third kappa shape index (κ3) is 11.4. The predicted molar refractivity (Wildman–Crippen MR) is 102 cm³/mol. The quantitative estimate of drug-likeness (QED) is 0.231. The van der Waals surface area contributed by atoms with E-state index in [2.05, 4.69) is 39.7 Å². The van der Waals surface area contributed by atoms with Gasteiger partial charge in [0.1, 0.15) is 0 Å². The number of alkyl halides is 1. The molecule has 0 radical (unpaired) electrons. The molecule has 0 aliphatic carbocycles. The highest BCUT2D eigenvalue weighted by Gasteiger charge is 2.04. The van der Waals surface area contributed by atoms with Crippen molar-refractivity contribution in [1.29, 1.82) is 0 Å². The van der Waals surface area contributed by atoms with Crippen LogP contribution in [0.3, 0.4) is 0 Å². The first-order valence-electron chi connectivity index (χ1n) is 8.98. The van der Waals surface area contributed by atoms with Crippen LogP contribution in [0.4, 0.5) is 0 Å². The average molecular weight is 373 g/mol. The fourth-order valence-corrected chi connectivity index (χ4v) is 4.12. The van der Waals surface area contributed by atoms with Crippen LogP contribution in [0.25, 0.3) is 0 Å². The molecule has 1 aromatic heterocycles. The van der Waals surface area contributed by atoms with Crippen LogP contribution in [0, 0.1) is 0 Å². The molecule has 1 heterocycles. The molecule has 21 heavy (non-hydrogen) atoms. The molecule has 1 atom stereocenters. The maximum Gasteiger partial charge on any atom is 0.0145 e. The molecule has 122 valence electrons. The lowest BCUT2D eigenvalue weighted by molar-refractivity contribution is 0.550. The summed E-state index contributed by atoms with van der Waals surface area (Å²) in [5, 5.41) is 4.47. The Morgan fingerprint density at radius 1 is 0.905 bits per heavy atom. The van der Waals surface area contributed by atoms with E-state index in [9.17, 15) is 0 Å². The number of unbranched alkanes of at least 4 members (excludes halogenated alkanes) is 8. The molecule has 0 fully saturated rings. The minimum Gasteiger partial charge on any atom is -0.152 e. The Morgan fingerprint density at radius 2 is 1.52 bits per heavy atom. The highest BCUT2D eigenvalue weighted by molar-refractivity contribution is 9.09. The first kappa shape index (κ1) is 19.2. The Balaban J connectivity index is 1.82. The van der Waals surface area contributed by atoms with Gasteiger partial charge in [-0.05, 0) is 48.1 Å². The maximum atomic E-state index is 3.86. The summed E-state index contributed by atoms with van der Waals surface area (Å²) < 4.78 is 0. The van der Waals surface area contributed by atoms with Crippen molar-refractivity contribution in [3.05, 3.63) is 22.4 Å². The van der Waals surface area contributed by atoms with Crippen LogP contribution in [0.15, 0.2) is 16.8 Å². The van der Waals surface area contributed by atoms with Crippen molar-refractivity contribution in [3.8, 4) is 0 Å². The molecule has 0 aromatic carbocycles. The van der Waals surface area contributed by atoms with Gasteiger partial charge in [-0.1, -0.05) is 80.6 Å². The van der Waals surface area contributed by atoms with E-state index in [0.717, 1.165) is 4.83 Å². The zero-order valence-corrected chi connectivity index (χ0v) is 16.2. The molecule has 0 N–H and O–H groups in total.